The Morgan fingerprint density at radius 2 is 1.16 bits per heavy atom. The molecule has 7 nitrogen and oxygen atoms in total. The first-order valence-electron chi connectivity index (χ1n) is 15.0. The lowest BCUT2D eigenvalue weighted by molar-refractivity contribution is -0.131. The summed E-state index contributed by atoms with van der Waals surface area (Å²) in [6.45, 7) is 4.39. The van der Waals surface area contributed by atoms with Gasteiger partial charge in [-0.2, -0.15) is 8.42 Å². The number of aliphatic hydroxyl groups excluding tert-OH is 2. The molecule has 1 amide bonds. The van der Waals surface area contributed by atoms with E-state index in [9.17, 15) is 28.0 Å². The molecule has 0 rings (SSSR count). The first kappa shape index (κ1) is 36.0. The molecule has 0 bridgehead atoms. The Hall–Kier alpha value is -0.960. The fraction of sp³-hybridized carbons (Fsp3) is 0.897. The monoisotopic (exact) mass is 547 g/mol. The second-order valence-electron chi connectivity index (χ2n) is 10.5. The number of aliphatic hydroxyl groups is 2. The minimum atomic E-state index is -4.39. The van der Waals surface area contributed by atoms with Crippen LogP contribution in [0.15, 0.2) is 12.2 Å². The number of rotatable bonds is 26. The van der Waals surface area contributed by atoms with Crippen molar-refractivity contribution in [3.63, 3.8) is 0 Å². The van der Waals surface area contributed by atoms with Gasteiger partial charge in [-0.15, -0.1) is 0 Å². The average Bonchev–Trinajstić information content (AvgIpc) is 2.84. The summed E-state index contributed by atoms with van der Waals surface area (Å²) in [4.78, 5) is 12.4. The van der Waals surface area contributed by atoms with Crippen LogP contribution >= 0.6 is 0 Å². The number of unbranched alkanes of at least 4 members (excludes halogenated alkanes) is 15. The van der Waals surface area contributed by atoms with Gasteiger partial charge in [0.05, 0.1) is 17.9 Å². The second-order valence-corrected chi connectivity index (χ2v) is 12.0. The Morgan fingerprint density at radius 3 is 1.70 bits per heavy atom. The molecule has 220 valence electrons. The van der Waals surface area contributed by atoms with Gasteiger partial charge in [-0.3, -0.25) is 9.35 Å². The average molecular weight is 548 g/mol. The lowest BCUT2D eigenvalue weighted by Crippen LogP contribution is -2.50. The van der Waals surface area contributed by atoms with Crippen LogP contribution in [0.2, 0.25) is 0 Å². The van der Waals surface area contributed by atoms with Crippen molar-refractivity contribution in [2.45, 2.75) is 161 Å². The summed E-state index contributed by atoms with van der Waals surface area (Å²) in [5, 5.41) is 23.2. The zero-order chi connectivity index (χ0) is 27.8. The van der Waals surface area contributed by atoms with Crippen molar-refractivity contribution in [2.75, 3.05) is 5.75 Å². The van der Waals surface area contributed by atoms with Crippen molar-refractivity contribution in [1.29, 1.82) is 0 Å². The molecule has 37 heavy (non-hydrogen) atoms. The van der Waals surface area contributed by atoms with Gasteiger partial charge in [-0.25, -0.2) is 0 Å². The van der Waals surface area contributed by atoms with Crippen molar-refractivity contribution >= 4 is 16.0 Å². The quantitative estimate of drug-likeness (QED) is 0.0558. The third kappa shape index (κ3) is 23.9. The summed E-state index contributed by atoms with van der Waals surface area (Å²) < 4.78 is 32.2. The predicted octanol–water partition coefficient (Wildman–Crippen LogP) is 6.48. The highest BCUT2D eigenvalue weighted by Crippen LogP contribution is 2.14. The third-order valence-corrected chi connectivity index (χ3v) is 7.61. The van der Waals surface area contributed by atoms with Gasteiger partial charge in [0, 0.05) is 0 Å². The Bertz CT molecular complexity index is 667. The molecule has 3 unspecified atom stereocenters. The molecule has 0 radical (unpaired) electrons. The van der Waals surface area contributed by atoms with E-state index in [1.54, 1.807) is 0 Å². The maximum absolute atomic E-state index is 12.4. The van der Waals surface area contributed by atoms with Crippen molar-refractivity contribution in [3.05, 3.63) is 12.2 Å². The van der Waals surface area contributed by atoms with Crippen LogP contribution in [0.4, 0.5) is 0 Å². The minimum Gasteiger partial charge on any atom is -0.391 e. The maximum atomic E-state index is 12.4. The number of amides is 1. The minimum absolute atomic E-state index is 0.276. The number of carbonyl (C=O) groups is 1. The van der Waals surface area contributed by atoms with Crippen LogP contribution in [0.1, 0.15) is 142 Å². The molecule has 0 saturated carbocycles. The van der Waals surface area contributed by atoms with Gasteiger partial charge in [-0.05, 0) is 32.1 Å². The highest BCUT2D eigenvalue weighted by Gasteiger charge is 2.28. The normalized spacial score (nSPS) is 14.6. The van der Waals surface area contributed by atoms with E-state index < -0.39 is 40.0 Å². The van der Waals surface area contributed by atoms with Crippen LogP contribution in [0.25, 0.3) is 0 Å². The standard InChI is InChI=1S/C29H57NO6S/c1-3-5-7-9-11-13-14-16-17-19-21-23-27(31)26(25-37(34,35)36)30-29(33)28(32)24-22-20-18-15-12-10-8-6-4-2/h10,12,26-28,31-32H,3-9,11,13-25H2,1-2H3,(H,30,33)(H,34,35,36)/b12-10-. The lowest BCUT2D eigenvalue weighted by Gasteiger charge is -2.24. The zero-order valence-electron chi connectivity index (χ0n) is 23.7. The van der Waals surface area contributed by atoms with Gasteiger partial charge in [0.2, 0.25) is 5.91 Å². The molecule has 0 fully saturated rings. The van der Waals surface area contributed by atoms with E-state index >= 15 is 0 Å². The van der Waals surface area contributed by atoms with Crippen molar-refractivity contribution in [2.24, 2.45) is 0 Å². The molecular formula is C29H57NO6S. The molecule has 4 N–H and O–H groups in total. The van der Waals surface area contributed by atoms with Crippen LogP contribution in [0.5, 0.6) is 0 Å². The maximum Gasteiger partial charge on any atom is 0.266 e. The van der Waals surface area contributed by atoms with Crippen LogP contribution in [-0.2, 0) is 14.9 Å². The summed E-state index contributed by atoms with van der Waals surface area (Å²) in [5.74, 6) is -1.47. The molecule has 0 aliphatic rings. The van der Waals surface area contributed by atoms with E-state index in [1.165, 1.54) is 57.8 Å². The summed E-state index contributed by atoms with van der Waals surface area (Å²) in [6, 6.07) is -1.14. The molecule has 0 spiro atoms. The van der Waals surface area contributed by atoms with Crippen molar-refractivity contribution in [1.82, 2.24) is 5.32 Å². The first-order chi connectivity index (χ1) is 17.7. The summed E-state index contributed by atoms with van der Waals surface area (Å²) in [6.07, 6.45) is 22.5. The van der Waals surface area contributed by atoms with Gasteiger partial charge in [-0.1, -0.05) is 122 Å². The van der Waals surface area contributed by atoms with Crippen molar-refractivity contribution < 1.29 is 28.0 Å². The van der Waals surface area contributed by atoms with Crippen LogP contribution < -0.4 is 5.32 Å². The van der Waals surface area contributed by atoms with Crippen LogP contribution in [0, 0.1) is 0 Å². The zero-order valence-corrected chi connectivity index (χ0v) is 24.5. The molecule has 0 heterocycles. The number of hydrogen-bond acceptors (Lipinski definition) is 5. The number of nitrogens with one attached hydrogen (secondary N) is 1. The third-order valence-electron chi connectivity index (χ3n) is 6.83. The summed E-state index contributed by atoms with van der Waals surface area (Å²) in [7, 11) is -4.39. The topological polar surface area (TPSA) is 124 Å². The highest BCUT2D eigenvalue weighted by atomic mass is 32.2. The van der Waals surface area contributed by atoms with E-state index in [4.69, 9.17) is 0 Å². The molecule has 0 aromatic carbocycles. The van der Waals surface area contributed by atoms with E-state index in [2.05, 4.69) is 31.3 Å². The fourth-order valence-electron chi connectivity index (χ4n) is 4.44. The SMILES string of the molecule is CCCC/C=C\CCCCCC(O)C(=O)NC(CS(=O)(=O)O)C(O)CCCCCCCCCCCCC. The van der Waals surface area contributed by atoms with Gasteiger partial charge in [0.1, 0.15) is 6.10 Å². The Morgan fingerprint density at radius 1 is 0.703 bits per heavy atom. The molecule has 0 aliphatic heterocycles. The Labute approximate surface area is 227 Å². The molecule has 0 aromatic rings. The predicted molar refractivity (Wildman–Crippen MR) is 153 cm³/mol. The summed E-state index contributed by atoms with van der Waals surface area (Å²) in [5.41, 5.74) is 0. The fourth-order valence-corrected chi connectivity index (χ4v) is 5.20. The lowest BCUT2D eigenvalue weighted by atomic mass is 10.0. The van der Waals surface area contributed by atoms with E-state index in [0.29, 0.717) is 19.3 Å². The van der Waals surface area contributed by atoms with Gasteiger partial charge < -0.3 is 15.5 Å². The Balaban J connectivity index is 4.23. The number of carbonyl (C=O) groups excluding carboxylic acids is 1. The number of hydrogen-bond donors (Lipinski definition) is 4. The van der Waals surface area contributed by atoms with E-state index in [1.807, 2.05) is 0 Å². The molecule has 0 saturated heterocycles. The molecule has 0 aliphatic carbocycles. The number of allylic oxidation sites excluding steroid dienone is 2. The van der Waals surface area contributed by atoms with Gasteiger partial charge >= 0.3 is 0 Å². The highest BCUT2D eigenvalue weighted by molar-refractivity contribution is 7.85. The van der Waals surface area contributed by atoms with Crippen LogP contribution in [-0.4, -0.2) is 53.1 Å². The first-order valence-corrected chi connectivity index (χ1v) is 16.6. The van der Waals surface area contributed by atoms with Crippen molar-refractivity contribution in [3.8, 4) is 0 Å². The molecule has 0 aromatic heterocycles. The smallest absolute Gasteiger partial charge is 0.266 e. The Kier molecular flexibility index (Phi) is 23.5. The molecule has 3 atom stereocenters. The molecule has 8 heteroatoms. The second kappa shape index (κ2) is 24.1. The van der Waals surface area contributed by atoms with Gasteiger partial charge in [0.15, 0.2) is 0 Å². The molecular weight excluding hydrogens is 490 g/mol. The van der Waals surface area contributed by atoms with Gasteiger partial charge in [0.25, 0.3) is 10.1 Å². The van der Waals surface area contributed by atoms with E-state index in [0.717, 1.165) is 44.9 Å². The van der Waals surface area contributed by atoms with E-state index in [-0.39, 0.29) is 6.42 Å². The van der Waals surface area contributed by atoms with Crippen LogP contribution in [0.3, 0.4) is 0 Å². The largest absolute Gasteiger partial charge is 0.391 e. The summed E-state index contributed by atoms with van der Waals surface area (Å²) >= 11 is 0.